The summed E-state index contributed by atoms with van der Waals surface area (Å²) in [5, 5.41) is 6.00. The van der Waals surface area contributed by atoms with Crippen molar-refractivity contribution < 1.29 is 35.6 Å². The molecule has 7 nitrogen and oxygen atoms in total. The molecule has 1 aromatic heterocycles. The van der Waals surface area contributed by atoms with E-state index in [1.54, 1.807) is 0 Å². The zero-order valence-corrected chi connectivity index (χ0v) is 18.7. The van der Waals surface area contributed by atoms with E-state index in [2.05, 4.69) is 10.4 Å². The summed E-state index contributed by atoms with van der Waals surface area (Å²) in [4.78, 5) is 23.3. The van der Waals surface area contributed by atoms with Crippen LogP contribution in [0, 0.1) is 5.82 Å². The van der Waals surface area contributed by atoms with E-state index < -0.39 is 43.9 Å². The Balaban J connectivity index is 1.82. The lowest BCUT2D eigenvalue weighted by atomic mass is 10.1. The molecule has 13 heteroatoms. The van der Waals surface area contributed by atoms with Gasteiger partial charge in [-0.25, -0.2) is 4.39 Å². The van der Waals surface area contributed by atoms with E-state index in [9.17, 15) is 35.6 Å². The maximum atomic E-state index is 14.1. The zero-order chi connectivity index (χ0) is 25.5. The van der Waals surface area contributed by atoms with Crippen molar-refractivity contribution in [1.29, 1.82) is 0 Å². The number of fused-ring (bicyclic) bond motifs is 1. The molecular formula is C22H12ClF4N3O4S. The van der Waals surface area contributed by atoms with Gasteiger partial charge in [0.15, 0.2) is 6.29 Å². The molecule has 0 aliphatic rings. The van der Waals surface area contributed by atoms with Crippen molar-refractivity contribution in [2.45, 2.75) is 11.1 Å². The fraction of sp³-hybridized carbons (Fsp3) is 0.0455. The minimum absolute atomic E-state index is 0.0142. The Morgan fingerprint density at radius 2 is 1.77 bits per heavy atom. The Morgan fingerprint density at radius 3 is 2.43 bits per heavy atom. The van der Waals surface area contributed by atoms with E-state index in [1.165, 1.54) is 24.3 Å². The molecule has 180 valence electrons. The molecule has 0 atom stereocenters. The smallest absolute Gasteiger partial charge is 0.322 e. The second-order valence-corrected chi connectivity index (χ2v) is 9.33. The summed E-state index contributed by atoms with van der Waals surface area (Å²) in [5.74, 6) is -1.83. The first-order valence-corrected chi connectivity index (χ1v) is 11.4. The number of aldehydes is 1. The average Bonchev–Trinajstić information content (AvgIpc) is 3.17. The molecule has 0 aliphatic heterocycles. The molecule has 1 N–H and O–H groups in total. The van der Waals surface area contributed by atoms with Crippen LogP contribution >= 0.6 is 11.6 Å². The van der Waals surface area contributed by atoms with Gasteiger partial charge < -0.3 is 5.32 Å². The van der Waals surface area contributed by atoms with E-state index in [0.717, 1.165) is 24.3 Å². The lowest BCUT2D eigenvalue weighted by Gasteiger charge is -2.11. The van der Waals surface area contributed by atoms with Crippen molar-refractivity contribution in [3.8, 4) is 0 Å². The monoisotopic (exact) mass is 525 g/mol. The molecule has 0 radical (unpaired) electrons. The maximum Gasteiger partial charge on any atom is 0.416 e. The van der Waals surface area contributed by atoms with Gasteiger partial charge in [0.2, 0.25) is 0 Å². The van der Waals surface area contributed by atoms with Crippen LogP contribution in [0.25, 0.3) is 10.9 Å². The number of nitrogens with zero attached hydrogens (tertiary/aromatic N) is 2. The number of benzene rings is 3. The normalized spacial score (nSPS) is 12.0. The van der Waals surface area contributed by atoms with Crippen LogP contribution < -0.4 is 5.32 Å². The Morgan fingerprint density at radius 1 is 1.06 bits per heavy atom. The van der Waals surface area contributed by atoms with Crippen LogP contribution in [0.2, 0.25) is 5.02 Å². The van der Waals surface area contributed by atoms with Gasteiger partial charge in [-0.15, -0.1) is 0 Å². The van der Waals surface area contributed by atoms with Crippen LogP contribution in [0.4, 0.5) is 23.2 Å². The molecule has 0 unspecified atom stereocenters. The van der Waals surface area contributed by atoms with Gasteiger partial charge in [-0.3, -0.25) is 9.59 Å². The molecule has 1 amide bonds. The molecule has 0 saturated carbocycles. The Labute approximate surface area is 200 Å². The summed E-state index contributed by atoms with van der Waals surface area (Å²) in [5.41, 5.74) is -2.17. The van der Waals surface area contributed by atoms with Gasteiger partial charge in [-0.1, -0.05) is 23.7 Å². The summed E-state index contributed by atoms with van der Waals surface area (Å²) in [6, 6.07) is 10.4. The standard InChI is InChI=1S/C22H12ClF4N3O4S/c23-16-5-2-6-17(24)20(16)21(32)28-13-7-8-15-18(11-31)29-30(19(15)10-13)35(33,34)14-4-1-3-12(9-14)22(25,26)27/h1-11H,(H,28,32). The largest absolute Gasteiger partial charge is 0.416 e. The molecule has 3 aromatic carbocycles. The summed E-state index contributed by atoms with van der Waals surface area (Å²) in [6.45, 7) is 0. The number of nitrogens with one attached hydrogen (secondary N) is 1. The predicted octanol–water partition coefficient (Wildman–Crippen LogP) is 5.15. The van der Waals surface area contributed by atoms with Crippen LogP contribution in [0.3, 0.4) is 0 Å². The number of carbonyl (C=O) groups is 2. The van der Waals surface area contributed by atoms with Gasteiger partial charge in [0.05, 0.1) is 26.6 Å². The molecule has 0 spiro atoms. The first-order chi connectivity index (χ1) is 16.4. The van der Waals surface area contributed by atoms with E-state index in [4.69, 9.17) is 11.6 Å². The number of halogens is 5. The summed E-state index contributed by atoms with van der Waals surface area (Å²) in [7, 11) is -4.70. The van der Waals surface area contributed by atoms with Gasteiger partial charge in [-0.05, 0) is 48.5 Å². The fourth-order valence-corrected chi connectivity index (χ4v) is 4.88. The molecule has 0 fully saturated rings. The van der Waals surface area contributed by atoms with Gasteiger partial charge in [0, 0.05) is 11.1 Å². The number of carbonyl (C=O) groups excluding carboxylic acids is 2. The number of alkyl halides is 3. The van der Waals surface area contributed by atoms with Crippen molar-refractivity contribution >= 4 is 50.4 Å². The van der Waals surface area contributed by atoms with E-state index in [-0.39, 0.29) is 33.6 Å². The molecule has 35 heavy (non-hydrogen) atoms. The third-order valence-corrected chi connectivity index (χ3v) is 6.82. The van der Waals surface area contributed by atoms with Crippen molar-refractivity contribution in [3.05, 3.63) is 88.3 Å². The maximum absolute atomic E-state index is 14.1. The van der Waals surface area contributed by atoms with Crippen molar-refractivity contribution in [2.75, 3.05) is 5.32 Å². The Hall–Kier alpha value is -3.77. The molecular weight excluding hydrogens is 514 g/mol. The van der Waals surface area contributed by atoms with Gasteiger partial charge in [0.25, 0.3) is 15.9 Å². The number of hydrogen-bond acceptors (Lipinski definition) is 5. The second kappa shape index (κ2) is 8.78. The van der Waals surface area contributed by atoms with Crippen LogP contribution in [0.5, 0.6) is 0 Å². The molecule has 0 bridgehead atoms. The number of hydrogen-bond donors (Lipinski definition) is 1. The van der Waals surface area contributed by atoms with Crippen LogP contribution in [0.15, 0.2) is 65.6 Å². The molecule has 0 saturated heterocycles. The Bertz CT molecular complexity index is 1580. The second-order valence-electron chi connectivity index (χ2n) is 7.16. The van der Waals surface area contributed by atoms with E-state index in [0.29, 0.717) is 16.2 Å². The third-order valence-electron chi connectivity index (χ3n) is 4.92. The zero-order valence-electron chi connectivity index (χ0n) is 17.2. The van der Waals surface area contributed by atoms with Crippen molar-refractivity contribution in [2.24, 2.45) is 0 Å². The van der Waals surface area contributed by atoms with Gasteiger partial charge >= 0.3 is 6.18 Å². The van der Waals surface area contributed by atoms with Gasteiger partial charge in [-0.2, -0.15) is 30.8 Å². The lowest BCUT2D eigenvalue weighted by molar-refractivity contribution is -0.137. The van der Waals surface area contributed by atoms with E-state index in [1.807, 2.05) is 0 Å². The fourth-order valence-electron chi connectivity index (χ4n) is 3.30. The summed E-state index contributed by atoms with van der Waals surface area (Å²) < 4.78 is 80.1. The number of rotatable bonds is 5. The van der Waals surface area contributed by atoms with Crippen molar-refractivity contribution in [1.82, 2.24) is 9.19 Å². The minimum Gasteiger partial charge on any atom is -0.322 e. The number of amides is 1. The summed E-state index contributed by atoms with van der Waals surface area (Å²) >= 11 is 5.89. The minimum atomic E-state index is -4.79. The summed E-state index contributed by atoms with van der Waals surface area (Å²) in [6.07, 6.45) is -4.52. The van der Waals surface area contributed by atoms with Crippen LogP contribution in [-0.2, 0) is 16.2 Å². The highest BCUT2D eigenvalue weighted by molar-refractivity contribution is 7.90. The molecule has 1 heterocycles. The first kappa shape index (κ1) is 24.4. The Kier molecular flexibility index (Phi) is 6.11. The molecule has 4 rings (SSSR count). The first-order valence-electron chi connectivity index (χ1n) is 9.59. The highest BCUT2D eigenvalue weighted by Crippen LogP contribution is 2.32. The quantitative estimate of drug-likeness (QED) is 0.287. The molecule has 0 aliphatic carbocycles. The van der Waals surface area contributed by atoms with Crippen LogP contribution in [-0.4, -0.2) is 29.8 Å². The SMILES string of the molecule is O=Cc1nn(S(=O)(=O)c2cccc(C(F)(F)F)c2)c2cc(NC(=O)c3c(F)cccc3Cl)ccc12. The third kappa shape index (κ3) is 4.49. The number of anilines is 1. The number of aromatic nitrogens is 2. The van der Waals surface area contributed by atoms with Crippen molar-refractivity contribution in [3.63, 3.8) is 0 Å². The highest BCUT2D eigenvalue weighted by Gasteiger charge is 2.32. The van der Waals surface area contributed by atoms with Gasteiger partial charge in [0.1, 0.15) is 11.5 Å². The van der Waals surface area contributed by atoms with Crippen LogP contribution in [0.1, 0.15) is 26.4 Å². The molecule has 4 aromatic rings. The van der Waals surface area contributed by atoms with E-state index >= 15 is 0 Å². The lowest BCUT2D eigenvalue weighted by Crippen LogP contribution is -2.17. The average molecular weight is 526 g/mol. The predicted molar refractivity (Wildman–Crippen MR) is 119 cm³/mol. The topological polar surface area (TPSA) is 98.1 Å². The highest BCUT2D eigenvalue weighted by atomic mass is 35.5.